The minimum atomic E-state index is -0.806. The molecule has 0 bridgehead atoms. The SMILES string of the molecule is [2H]c1c([2H])c(C2OCc3c2cnc(C)c3O)c([2H])c([2H])c1Cl. The summed E-state index contributed by atoms with van der Waals surface area (Å²) in [6, 6.07) is -1.11. The zero-order valence-electron chi connectivity index (χ0n) is 13.5. The second-order valence-corrected chi connectivity index (χ2v) is 4.42. The van der Waals surface area contributed by atoms with Gasteiger partial charge in [-0.15, -0.1) is 0 Å². The van der Waals surface area contributed by atoms with Crippen LogP contribution in [0.25, 0.3) is 0 Å². The predicted octanol–water partition coefficient (Wildman–Crippen LogP) is 3.37. The average Bonchev–Trinajstić information content (AvgIpc) is 2.92. The monoisotopic (exact) mass is 265 g/mol. The second kappa shape index (κ2) is 4.26. The molecular weight excluding hydrogens is 250 g/mol. The Hall–Kier alpha value is -1.58. The van der Waals surface area contributed by atoms with Crippen molar-refractivity contribution >= 4 is 11.6 Å². The normalized spacial score (nSPS) is 20.9. The van der Waals surface area contributed by atoms with Crippen molar-refractivity contribution < 1.29 is 15.3 Å². The summed E-state index contributed by atoms with van der Waals surface area (Å²) in [4.78, 5) is 4.08. The fourth-order valence-electron chi connectivity index (χ4n) is 1.97. The third kappa shape index (κ3) is 1.76. The lowest BCUT2D eigenvalue weighted by atomic mass is 10.0. The number of hydrogen-bond donors (Lipinski definition) is 1. The highest BCUT2D eigenvalue weighted by molar-refractivity contribution is 6.30. The number of halogens is 1. The Labute approximate surface area is 116 Å². The van der Waals surface area contributed by atoms with Crippen LogP contribution in [0.3, 0.4) is 0 Å². The van der Waals surface area contributed by atoms with Gasteiger partial charge in [0.25, 0.3) is 0 Å². The van der Waals surface area contributed by atoms with Crippen molar-refractivity contribution in [1.82, 2.24) is 4.98 Å². The van der Waals surface area contributed by atoms with E-state index in [0.29, 0.717) is 16.8 Å². The van der Waals surface area contributed by atoms with Crippen LogP contribution in [0, 0.1) is 6.92 Å². The van der Waals surface area contributed by atoms with Crippen molar-refractivity contribution in [1.29, 1.82) is 0 Å². The Morgan fingerprint density at radius 3 is 2.89 bits per heavy atom. The molecule has 0 spiro atoms. The van der Waals surface area contributed by atoms with E-state index in [4.69, 9.17) is 21.8 Å². The van der Waals surface area contributed by atoms with Crippen molar-refractivity contribution in [3.63, 3.8) is 0 Å². The first-order valence-corrected chi connectivity index (χ1v) is 5.77. The zero-order chi connectivity index (χ0) is 16.2. The van der Waals surface area contributed by atoms with Crippen LogP contribution in [0.2, 0.25) is 5.02 Å². The summed E-state index contributed by atoms with van der Waals surface area (Å²) in [6.07, 6.45) is 0.724. The van der Waals surface area contributed by atoms with Gasteiger partial charge in [-0.3, -0.25) is 4.98 Å². The van der Waals surface area contributed by atoms with E-state index in [1.165, 1.54) is 6.20 Å². The van der Waals surface area contributed by atoms with Crippen LogP contribution in [0.15, 0.2) is 30.4 Å². The van der Waals surface area contributed by atoms with Gasteiger partial charge in [0.1, 0.15) is 11.9 Å². The fraction of sp³-hybridized carbons (Fsp3) is 0.214. The summed E-state index contributed by atoms with van der Waals surface area (Å²) in [7, 11) is 0. The molecular formula is C14H12ClNO2. The van der Waals surface area contributed by atoms with Gasteiger partial charge in [0.15, 0.2) is 0 Å². The smallest absolute Gasteiger partial charge is 0.142 e. The largest absolute Gasteiger partial charge is 0.506 e. The number of ether oxygens (including phenoxy) is 1. The Morgan fingerprint density at radius 2 is 2.17 bits per heavy atom. The number of aryl methyl sites for hydroxylation is 1. The summed E-state index contributed by atoms with van der Waals surface area (Å²) in [5.41, 5.74) is 1.68. The van der Waals surface area contributed by atoms with Gasteiger partial charge >= 0.3 is 0 Å². The summed E-state index contributed by atoms with van der Waals surface area (Å²) in [5, 5.41) is 9.82. The van der Waals surface area contributed by atoms with Crippen LogP contribution >= 0.6 is 11.6 Å². The van der Waals surface area contributed by atoms with Crippen LogP contribution in [-0.2, 0) is 11.3 Å². The first-order chi connectivity index (χ1) is 10.3. The van der Waals surface area contributed by atoms with Gasteiger partial charge in [-0.05, 0) is 24.6 Å². The summed E-state index contributed by atoms with van der Waals surface area (Å²) in [6.45, 7) is 1.79. The number of benzene rings is 1. The molecule has 0 aliphatic carbocycles. The van der Waals surface area contributed by atoms with Crippen LogP contribution in [-0.4, -0.2) is 10.1 Å². The number of pyridine rings is 1. The molecule has 2 heterocycles. The first-order valence-electron chi connectivity index (χ1n) is 7.39. The van der Waals surface area contributed by atoms with Crippen LogP contribution in [0.5, 0.6) is 5.75 Å². The van der Waals surface area contributed by atoms with E-state index in [-0.39, 0.29) is 47.1 Å². The second-order valence-electron chi connectivity index (χ2n) is 4.04. The van der Waals surface area contributed by atoms with E-state index in [1.54, 1.807) is 6.92 Å². The Balaban J connectivity index is 2.23. The summed E-state index contributed by atoms with van der Waals surface area (Å²) >= 11 is 5.80. The van der Waals surface area contributed by atoms with Gasteiger partial charge in [-0.25, -0.2) is 0 Å². The van der Waals surface area contributed by atoms with Gasteiger partial charge in [-0.2, -0.15) is 0 Å². The van der Waals surface area contributed by atoms with Crippen molar-refractivity contribution in [2.75, 3.05) is 0 Å². The van der Waals surface area contributed by atoms with Crippen molar-refractivity contribution in [3.05, 3.63) is 57.8 Å². The molecule has 0 fully saturated rings. The molecule has 1 aliphatic heterocycles. The molecule has 3 nitrogen and oxygen atoms in total. The van der Waals surface area contributed by atoms with Gasteiger partial charge in [0.2, 0.25) is 0 Å². The summed E-state index contributed by atoms with van der Waals surface area (Å²) in [5.74, 6) is 0.0317. The van der Waals surface area contributed by atoms with Crippen molar-refractivity contribution in [3.8, 4) is 5.75 Å². The number of aromatic hydroxyl groups is 1. The molecule has 0 saturated carbocycles. The molecule has 92 valence electrons. The van der Waals surface area contributed by atoms with E-state index >= 15 is 0 Å². The third-order valence-corrected chi connectivity index (χ3v) is 3.12. The Bertz CT molecular complexity index is 768. The van der Waals surface area contributed by atoms with E-state index < -0.39 is 6.10 Å². The lowest BCUT2D eigenvalue weighted by molar-refractivity contribution is 0.0932. The quantitative estimate of drug-likeness (QED) is 0.860. The van der Waals surface area contributed by atoms with E-state index in [1.807, 2.05) is 0 Å². The topological polar surface area (TPSA) is 42.4 Å². The molecule has 0 saturated heterocycles. The molecule has 1 aromatic carbocycles. The van der Waals surface area contributed by atoms with Crippen LogP contribution < -0.4 is 0 Å². The maximum absolute atomic E-state index is 10.0. The number of aromatic nitrogens is 1. The van der Waals surface area contributed by atoms with Crippen LogP contribution in [0.1, 0.15) is 34.0 Å². The Morgan fingerprint density at radius 1 is 1.44 bits per heavy atom. The van der Waals surface area contributed by atoms with Gasteiger partial charge < -0.3 is 9.84 Å². The molecule has 1 aromatic heterocycles. The molecule has 0 amide bonds. The third-order valence-electron chi connectivity index (χ3n) is 2.93. The highest BCUT2D eigenvalue weighted by Gasteiger charge is 2.28. The number of rotatable bonds is 1. The maximum atomic E-state index is 10.0. The van der Waals surface area contributed by atoms with Crippen molar-refractivity contribution in [2.45, 2.75) is 19.6 Å². The molecule has 3 rings (SSSR count). The minimum Gasteiger partial charge on any atom is -0.506 e. The fourth-order valence-corrected chi connectivity index (χ4v) is 2.07. The molecule has 4 heteroatoms. The molecule has 1 N–H and O–H groups in total. The molecule has 2 aromatic rings. The van der Waals surface area contributed by atoms with E-state index in [0.717, 1.165) is 0 Å². The van der Waals surface area contributed by atoms with Gasteiger partial charge in [0.05, 0.1) is 17.8 Å². The standard InChI is InChI=1S/C14H12ClNO2/c1-8-13(17)12-7-18-14(11(12)6-16-8)9-2-4-10(15)5-3-9/h2-6,14,17H,7H2,1H3/i2D,3D,4D,5D. The van der Waals surface area contributed by atoms with Crippen LogP contribution in [0.4, 0.5) is 0 Å². The molecule has 18 heavy (non-hydrogen) atoms. The number of nitrogens with zero attached hydrogens (tertiary/aromatic N) is 1. The average molecular weight is 266 g/mol. The van der Waals surface area contributed by atoms with Gasteiger partial charge in [-0.1, -0.05) is 23.7 Å². The predicted molar refractivity (Wildman–Crippen MR) is 68.7 cm³/mol. The molecule has 1 atom stereocenters. The van der Waals surface area contributed by atoms with Gasteiger partial charge in [0, 0.05) is 22.3 Å². The zero-order valence-corrected chi connectivity index (χ0v) is 10.3. The van der Waals surface area contributed by atoms with E-state index in [9.17, 15) is 5.11 Å². The highest BCUT2D eigenvalue weighted by Crippen LogP contribution is 2.40. The minimum absolute atomic E-state index is 0.0317. The first kappa shape index (κ1) is 7.77. The lowest BCUT2D eigenvalue weighted by Gasteiger charge is -2.11. The number of fused-ring (bicyclic) bond motifs is 1. The van der Waals surface area contributed by atoms with Crippen molar-refractivity contribution in [2.24, 2.45) is 0 Å². The molecule has 0 radical (unpaired) electrons. The number of hydrogen-bond acceptors (Lipinski definition) is 3. The van der Waals surface area contributed by atoms with E-state index in [2.05, 4.69) is 4.98 Å². The summed E-state index contributed by atoms with van der Waals surface area (Å²) < 4.78 is 37.3. The maximum Gasteiger partial charge on any atom is 0.142 e. The molecule has 1 aliphatic rings. The molecule has 1 unspecified atom stereocenters. The lowest BCUT2D eigenvalue weighted by Crippen LogP contribution is -1.99. The highest BCUT2D eigenvalue weighted by atomic mass is 35.5. The Kier molecular flexibility index (Phi) is 1.84.